The molecule has 144 valence electrons. The second kappa shape index (κ2) is 7.62. The summed E-state index contributed by atoms with van der Waals surface area (Å²) in [5.41, 5.74) is 1.61. The van der Waals surface area contributed by atoms with Crippen LogP contribution in [0.4, 0.5) is 0 Å². The van der Waals surface area contributed by atoms with E-state index >= 15 is 0 Å². The molecule has 8 heteroatoms. The Kier molecular flexibility index (Phi) is 5.19. The van der Waals surface area contributed by atoms with Crippen LogP contribution in [0, 0.1) is 0 Å². The van der Waals surface area contributed by atoms with Crippen molar-refractivity contribution in [2.75, 3.05) is 12.3 Å². The maximum absolute atomic E-state index is 12.1. The van der Waals surface area contributed by atoms with E-state index in [1.54, 1.807) is 18.2 Å². The minimum absolute atomic E-state index is 0.0601. The van der Waals surface area contributed by atoms with Gasteiger partial charge < -0.3 is 9.64 Å². The highest BCUT2D eigenvalue weighted by Crippen LogP contribution is 2.31. The third kappa shape index (κ3) is 4.09. The molecule has 2 aromatic rings. The largest absolute Gasteiger partial charge is 0.457 e. The van der Waals surface area contributed by atoms with Crippen molar-refractivity contribution in [2.24, 2.45) is 4.40 Å². The Morgan fingerprint density at radius 2 is 1.75 bits per heavy atom. The maximum Gasteiger partial charge on any atom is 0.255 e. The monoisotopic (exact) mass is 434 g/mol. The molecular weight excluding hydrogens is 419 g/mol. The number of rotatable bonds is 3. The summed E-state index contributed by atoms with van der Waals surface area (Å²) in [6, 6.07) is 12.4. The molecule has 28 heavy (non-hydrogen) atoms. The van der Waals surface area contributed by atoms with Gasteiger partial charge in [0.2, 0.25) is 0 Å². The summed E-state index contributed by atoms with van der Waals surface area (Å²) in [5.74, 6) is 1.72. The lowest BCUT2D eigenvalue weighted by molar-refractivity contribution is 0.482. The average molecular weight is 435 g/mol. The van der Waals surface area contributed by atoms with Crippen molar-refractivity contribution in [3.8, 4) is 11.5 Å². The van der Waals surface area contributed by atoms with Crippen LogP contribution >= 0.6 is 23.2 Å². The molecule has 0 saturated heterocycles. The summed E-state index contributed by atoms with van der Waals surface area (Å²) >= 11 is 11.9. The molecule has 0 aliphatic carbocycles. The minimum Gasteiger partial charge on any atom is -0.457 e. The molecule has 0 unspecified atom stereocenters. The van der Waals surface area contributed by atoms with Crippen molar-refractivity contribution in [1.82, 2.24) is 4.90 Å². The normalized spacial score (nSPS) is 18.0. The molecule has 0 N–H and O–H groups in total. The highest BCUT2D eigenvalue weighted by atomic mass is 35.5. The van der Waals surface area contributed by atoms with Gasteiger partial charge >= 0.3 is 0 Å². The van der Waals surface area contributed by atoms with Crippen molar-refractivity contribution in [3.63, 3.8) is 0 Å². The van der Waals surface area contributed by atoms with Crippen LogP contribution < -0.4 is 4.74 Å². The second-order valence-corrected chi connectivity index (χ2v) is 8.94. The standard InChI is InChI=1S/C20H16Cl2N2O3S/c21-18-9-8-16(13-19(18)22)27-15-6-4-14(5-7-15)17-3-1-10-24-11-2-12-28(25,26)23-20(17)24/h1,3-10,13H,2,11-12H2. The van der Waals surface area contributed by atoms with Gasteiger partial charge in [0.1, 0.15) is 11.5 Å². The van der Waals surface area contributed by atoms with Crippen LogP contribution in [-0.4, -0.2) is 31.5 Å². The van der Waals surface area contributed by atoms with Crippen LogP contribution in [0.15, 0.2) is 65.2 Å². The van der Waals surface area contributed by atoms with E-state index in [1.165, 1.54) is 0 Å². The van der Waals surface area contributed by atoms with Crippen LogP contribution in [0.5, 0.6) is 11.5 Å². The van der Waals surface area contributed by atoms with Gasteiger partial charge in [0.05, 0.1) is 15.8 Å². The van der Waals surface area contributed by atoms with E-state index in [-0.39, 0.29) is 5.75 Å². The van der Waals surface area contributed by atoms with E-state index in [1.807, 2.05) is 47.5 Å². The van der Waals surface area contributed by atoms with E-state index < -0.39 is 10.0 Å². The van der Waals surface area contributed by atoms with Crippen LogP contribution in [0.3, 0.4) is 0 Å². The number of nitrogens with zero attached hydrogens (tertiary/aromatic N) is 2. The first-order valence-electron chi connectivity index (χ1n) is 8.63. The van der Waals surface area contributed by atoms with Crippen LogP contribution in [0.2, 0.25) is 10.0 Å². The minimum atomic E-state index is -3.46. The summed E-state index contributed by atoms with van der Waals surface area (Å²) in [6.45, 7) is 0.616. The number of benzene rings is 2. The zero-order valence-corrected chi connectivity index (χ0v) is 17.0. The van der Waals surface area contributed by atoms with Gasteiger partial charge in [0.15, 0.2) is 5.84 Å². The summed E-state index contributed by atoms with van der Waals surface area (Å²) < 4.78 is 34.0. The van der Waals surface area contributed by atoms with E-state index in [9.17, 15) is 8.42 Å². The lowest BCUT2D eigenvalue weighted by Crippen LogP contribution is -2.28. The Morgan fingerprint density at radius 3 is 2.50 bits per heavy atom. The fourth-order valence-corrected chi connectivity index (χ4v) is 4.36. The molecule has 0 radical (unpaired) electrons. The fraction of sp³-hybridized carbons (Fsp3) is 0.150. The second-order valence-electron chi connectivity index (χ2n) is 6.37. The predicted molar refractivity (Wildman–Crippen MR) is 113 cm³/mol. The molecule has 5 nitrogen and oxygen atoms in total. The molecule has 2 heterocycles. The van der Waals surface area contributed by atoms with Crippen LogP contribution in [-0.2, 0) is 10.0 Å². The van der Waals surface area contributed by atoms with Gasteiger partial charge in [-0.25, -0.2) is 8.42 Å². The number of amidine groups is 1. The van der Waals surface area contributed by atoms with Crippen molar-refractivity contribution >= 4 is 44.6 Å². The number of hydrogen-bond acceptors (Lipinski definition) is 4. The van der Waals surface area contributed by atoms with Crippen molar-refractivity contribution < 1.29 is 13.2 Å². The third-order valence-corrected chi connectivity index (χ3v) is 6.36. The van der Waals surface area contributed by atoms with Gasteiger partial charge in [-0.1, -0.05) is 35.3 Å². The molecule has 4 rings (SSSR count). The maximum atomic E-state index is 12.1. The smallest absolute Gasteiger partial charge is 0.255 e. The van der Waals surface area contributed by atoms with Crippen molar-refractivity contribution in [2.45, 2.75) is 6.42 Å². The summed E-state index contributed by atoms with van der Waals surface area (Å²) in [6.07, 6.45) is 6.16. The third-order valence-electron chi connectivity index (χ3n) is 4.36. The number of hydrogen-bond donors (Lipinski definition) is 0. The molecule has 0 amide bonds. The Bertz CT molecular complexity index is 1110. The topological polar surface area (TPSA) is 59.0 Å². The first-order chi connectivity index (χ1) is 13.4. The van der Waals surface area contributed by atoms with Gasteiger partial charge in [0.25, 0.3) is 10.0 Å². The predicted octanol–water partition coefficient (Wildman–Crippen LogP) is 5.13. The van der Waals surface area contributed by atoms with Gasteiger partial charge in [-0.15, -0.1) is 4.40 Å². The Labute approximate surface area is 173 Å². The summed E-state index contributed by atoms with van der Waals surface area (Å²) in [7, 11) is -3.46. The number of sulfonamides is 1. The average Bonchev–Trinajstić information content (AvgIpc) is 2.82. The first kappa shape index (κ1) is 19.1. The molecule has 0 bridgehead atoms. The number of halogens is 2. The van der Waals surface area contributed by atoms with Gasteiger partial charge in [-0.2, -0.15) is 0 Å². The summed E-state index contributed by atoms with van der Waals surface area (Å²) in [4.78, 5) is 1.88. The van der Waals surface area contributed by atoms with Crippen LogP contribution in [0.1, 0.15) is 12.0 Å². The van der Waals surface area contributed by atoms with Crippen molar-refractivity contribution in [3.05, 3.63) is 76.4 Å². The molecule has 2 aromatic carbocycles. The van der Waals surface area contributed by atoms with E-state index in [4.69, 9.17) is 27.9 Å². The van der Waals surface area contributed by atoms with Crippen LogP contribution in [0.25, 0.3) is 5.57 Å². The molecule has 0 atom stereocenters. The Hall–Kier alpha value is -2.28. The van der Waals surface area contributed by atoms with E-state index in [0.29, 0.717) is 40.3 Å². The van der Waals surface area contributed by atoms with E-state index in [0.717, 1.165) is 11.1 Å². The highest BCUT2D eigenvalue weighted by Gasteiger charge is 2.25. The number of allylic oxidation sites excluding steroid dienone is 2. The van der Waals surface area contributed by atoms with Crippen molar-refractivity contribution in [1.29, 1.82) is 0 Å². The zero-order valence-electron chi connectivity index (χ0n) is 14.7. The molecule has 0 aromatic heterocycles. The number of fused-ring (bicyclic) bond motifs is 1. The molecule has 0 saturated carbocycles. The molecule has 2 aliphatic heterocycles. The molecular formula is C20H16Cl2N2O3S. The Morgan fingerprint density at radius 1 is 1.00 bits per heavy atom. The highest BCUT2D eigenvalue weighted by molar-refractivity contribution is 7.90. The lowest BCUT2D eigenvalue weighted by atomic mass is 10.0. The quantitative estimate of drug-likeness (QED) is 0.671. The fourth-order valence-electron chi connectivity index (χ4n) is 3.02. The Balaban J connectivity index is 1.61. The SMILES string of the molecule is O=S1(=O)CCCN2C=CC=C(c3ccc(Oc4ccc(Cl)c(Cl)c4)cc3)C2=N1. The lowest BCUT2D eigenvalue weighted by Gasteiger charge is -2.24. The van der Waals surface area contributed by atoms with E-state index in [2.05, 4.69) is 4.40 Å². The first-order valence-corrected chi connectivity index (χ1v) is 11.0. The van der Waals surface area contributed by atoms with Gasteiger partial charge in [0, 0.05) is 24.4 Å². The number of ether oxygens (including phenoxy) is 1. The molecule has 0 spiro atoms. The zero-order chi connectivity index (χ0) is 19.7. The molecule has 2 aliphatic rings. The van der Waals surface area contributed by atoms with Gasteiger partial charge in [-0.05, 0) is 48.4 Å². The van der Waals surface area contributed by atoms with Gasteiger partial charge in [-0.3, -0.25) is 0 Å². The summed E-state index contributed by atoms with van der Waals surface area (Å²) in [5, 5.41) is 0.882. The molecule has 0 fully saturated rings.